The molecule has 0 radical (unpaired) electrons. The Labute approximate surface area is 182 Å². The fourth-order valence-corrected chi connectivity index (χ4v) is 8.32. The van der Waals surface area contributed by atoms with E-state index in [1.165, 1.54) is 70.6 Å². The molecule has 1 saturated heterocycles. The molecule has 1 heterocycles. The minimum Gasteiger partial charge on any atom is -0.353 e. The Hall–Kier alpha value is -1.06. The third-order valence-corrected chi connectivity index (χ3v) is 9.41. The van der Waals surface area contributed by atoms with E-state index in [1.54, 1.807) is 0 Å². The van der Waals surface area contributed by atoms with E-state index in [0.29, 0.717) is 17.7 Å². The van der Waals surface area contributed by atoms with Gasteiger partial charge in [-0.2, -0.15) is 0 Å². The molecule has 6 fully saturated rings. The van der Waals surface area contributed by atoms with Crippen molar-refractivity contribution in [3.05, 3.63) is 0 Å². The van der Waals surface area contributed by atoms with Gasteiger partial charge in [0.2, 0.25) is 11.8 Å². The third-order valence-electron chi connectivity index (χ3n) is 9.41. The van der Waals surface area contributed by atoms with Gasteiger partial charge in [0.25, 0.3) is 0 Å². The molecule has 4 bridgehead atoms. The molecule has 1 N–H and O–H groups in total. The molecule has 2 amide bonds. The summed E-state index contributed by atoms with van der Waals surface area (Å²) in [4.78, 5) is 27.6. The normalized spacial score (nSPS) is 36.8. The fraction of sp³-hybridized carbons (Fsp3) is 0.923. The first kappa shape index (κ1) is 20.8. The number of carbonyl (C=O) groups excluding carboxylic acids is 2. The summed E-state index contributed by atoms with van der Waals surface area (Å²) in [6, 6.07) is 0.271. The number of rotatable bonds is 6. The van der Waals surface area contributed by atoms with Crippen LogP contribution in [-0.2, 0) is 9.59 Å². The van der Waals surface area contributed by atoms with Crippen molar-refractivity contribution >= 4 is 11.8 Å². The maximum atomic E-state index is 13.1. The van der Waals surface area contributed by atoms with E-state index < -0.39 is 0 Å². The summed E-state index contributed by atoms with van der Waals surface area (Å²) in [7, 11) is 0. The monoisotopic (exact) mass is 414 g/mol. The lowest BCUT2D eigenvalue weighted by molar-refractivity contribution is -0.140. The van der Waals surface area contributed by atoms with E-state index in [1.807, 2.05) is 0 Å². The molecular formula is C26H42N2O2. The lowest BCUT2D eigenvalue weighted by Crippen LogP contribution is -2.50. The SMILES string of the molecule is O=C(CCC1CCCCC1)NC1CCN(C(=O)CC23CC4CC(CC(C4)C2)C3)CC1. The number of piperidine rings is 1. The molecule has 168 valence electrons. The van der Waals surface area contributed by atoms with Crippen LogP contribution in [0, 0.1) is 29.1 Å². The zero-order chi connectivity index (χ0) is 20.6. The van der Waals surface area contributed by atoms with Gasteiger partial charge >= 0.3 is 0 Å². The van der Waals surface area contributed by atoms with Crippen molar-refractivity contribution in [2.75, 3.05) is 13.1 Å². The summed E-state index contributed by atoms with van der Waals surface area (Å²) in [5, 5.41) is 3.27. The van der Waals surface area contributed by atoms with Crippen molar-refractivity contribution < 1.29 is 9.59 Å². The number of hydrogen-bond acceptors (Lipinski definition) is 2. The summed E-state index contributed by atoms with van der Waals surface area (Å²) in [6.45, 7) is 1.66. The van der Waals surface area contributed by atoms with Crippen LogP contribution in [0.15, 0.2) is 0 Å². The van der Waals surface area contributed by atoms with Crippen molar-refractivity contribution in [3.8, 4) is 0 Å². The first-order valence-electron chi connectivity index (χ1n) is 13.1. The summed E-state index contributed by atoms with van der Waals surface area (Å²) >= 11 is 0. The Balaban J connectivity index is 1.04. The van der Waals surface area contributed by atoms with Gasteiger partial charge in [-0.25, -0.2) is 0 Å². The van der Waals surface area contributed by atoms with Gasteiger partial charge in [-0.3, -0.25) is 9.59 Å². The third kappa shape index (κ3) is 4.72. The Morgan fingerprint density at radius 3 is 2.03 bits per heavy atom. The number of nitrogens with zero attached hydrogens (tertiary/aromatic N) is 1. The van der Waals surface area contributed by atoms with E-state index in [2.05, 4.69) is 10.2 Å². The number of carbonyl (C=O) groups is 2. The molecule has 6 rings (SSSR count). The molecular weight excluding hydrogens is 372 g/mol. The molecule has 5 saturated carbocycles. The molecule has 0 atom stereocenters. The van der Waals surface area contributed by atoms with Gasteiger partial charge in [-0.15, -0.1) is 0 Å². The highest BCUT2D eigenvalue weighted by molar-refractivity contribution is 5.78. The highest BCUT2D eigenvalue weighted by atomic mass is 16.2. The number of likely N-dealkylation sites (tertiary alicyclic amines) is 1. The molecule has 0 aromatic carbocycles. The smallest absolute Gasteiger partial charge is 0.223 e. The Morgan fingerprint density at radius 2 is 1.43 bits per heavy atom. The standard InChI is InChI=1S/C26H42N2O2/c29-24(7-6-19-4-2-1-3-5-19)27-23-8-10-28(11-9-23)25(30)18-26-15-20-12-21(16-26)14-22(13-20)17-26/h19-23H,1-18H2,(H,27,29). The van der Waals surface area contributed by atoms with Crippen LogP contribution < -0.4 is 5.32 Å². The number of amides is 2. The lowest BCUT2D eigenvalue weighted by Gasteiger charge is -2.57. The second-order valence-electron chi connectivity index (χ2n) is 11.9. The minimum absolute atomic E-state index is 0.235. The van der Waals surface area contributed by atoms with Crippen LogP contribution in [-0.4, -0.2) is 35.8 Å². The van der Waals surface area contributed by atoms with Crippen LogP contribution in [0.4, 0.5) is 0 Å². The zero-order valence-electron chi connectivity index (χ0n) is 18.9. The van der Waals surface area contributed by atoms with Crippen LogP contribution in [0.1, 0.15) is 103 Å². The molecule has 4 heteroatoms. The quantitative estimate of drug-likeness (QED) is 0.660. The predicted molar refractivity (Wildman–Crippen MR) is 119 cm³/mol. The minimum atomic E-state index is 0.235. The second kappa shape index (κ2) is 8.82. The summed E-state index contributed by atoms with van der Waals surface area (Å²) in [6.07, 6.45) is 19.4. The van der Waals surface area contributed by atoms with Gasteiger partial charge in [0, 0.05) is 32.0 Å². The highest BCUT2D eigenvalue weighted by Gasteiger charge is 2.51. The zero-order valence-corrected chi connectivity index (χ0v) is 18.9. The first-order chi connectivity index (χ1) is 14.6. The van der Waals surface area contributed by atoms with Crippen LogP contribution in [0.3, 0.4) is 0 Å². The van der Waals surface area contributed by atoms with Gasteiger partial charge in [0.15, 0.2) is 0 Å². The lowest BCUT2D eigenvalue weighted by atomic mass is 9.49. The largest absolute Gasteiger partial charge is 0.353 e. The average molecular weight is 415 g/mol. The van der Waals surface area contributed by atoms with Crippen molar-refractivity contribution in [1.29, 1.82) is 0 Å². The van der Waals surface area contributed by atoms with E-state index in [9.17, 15) is 9.59 Å². The molecule has 0 aromatic heterocycles. The Bertz CT molecular complexity index is 596. The van der Waals surface area contributed by atoms with E-state index >= 15 is 0 Å². The van der Waals surface area contributed by atoms with Crippen molar-refractivity contribution in [1.82, 2.24) is 10.2 Å². The average Bonchev–Trinajstić information content (AvgIpc) is 2.72. The number of hydrogen-bond donors (Lipinski definition) is 1. The molecule has 0 unspecified atom stereocenters. The molecule has 1 aliphatic heterocycles. The Kier molecular flexibility index (Phi) is 6.12. The van der Waals surface area contributed by atoms with Gasteiger partial charge < -0.3 is 10.2 Å². The van der Waals surface area contributed by atoms with Crippen molar-refractivity contribution in [3.63, 3.8) is 0 Å². The highest BCUT2D eigenvalue weighted by Crippen LogP contribution is 2.61. The molecule has 5 aliphatic carbocycles. The second-order valence-corrected chi connectivity index (χ2v) is 11.9. The molecule has 30 heavy (non-hydrogen) atoms. The van der Waals surface area contributed by atoms with Crippen molar-refractivity contribution in [2.24, 2.45) is 29.1 Å². The van der Waals surface area contributed by atoms with Crippen LogP contribution in [0.25, 0.3) is 0 Å². The van der Waals surface area contributed by atoms with Crippen LogP contribution in [0.2, 0.25) is 0 Å². The maximum absolute atomic E-state index is 13.1. The molecule has 4 nitrogen and oxygen atoms in total. The maximum Gasteiger partial charge on any atom is 0.223 e. The van der Waals surface area contributed by atoms with Crippen LogP contribution >= 0.6 is 0 Å². The Morgan fingerprint density at radius 1 is 0.833 bits per heavy atom. The van der Waals surface area contributed by atoms with Gasteiger partial charge in [-0.1, -0.05) is 32.1 Å². The van der Waals surface area contributed by atoms with Crippen LogP contribution in [0.5, 0.6) is 0 Å². The van der Waals surface area contributed by atoms with E-state index in [0.717, 1.165) is 62.4 Å². The molecule has 6 aliphatic rings. The van der Waals surface area contributed by atoms with Gasteiger partial charge in [0.1, 0.15) is 0 Å². The summed E-state index contributed by atoms with van der Waals surface area (Å²) in [5.74, 6) is 4.15. The molecule has 0 aromatic rings. The van der Waals surface area contributed by atoms with Gasteiger partial charge in [-0.05, 0) is 86.9 Å². The number of nitrogens with one attached hydrogen (secondary N) is 1. The topological polar surface area (TPSA) is 49.4 Å². The van der Waals surface area contributed by atoms with E-state index in [-0.39, 0.29) is 11.9 Å². The van der Waals surface area contributed by atoms with Gasteiger partial charge in [0.05, 0.1) is 0 Å². The summed E-state index contributed by atoms with van der Waals surface area (Å²) < 4.78 is 0. The summed E-state index contributed by atoms with van der Waals surface area (Å²) in [5.41, 5.74) is 0.343. The van der Waals surface area contributed by atoms with Crippen molar-refractivity contribution in [2.45, 2.75) is 109 Å². The predicted octanol–water partition coefficient (Wildman–Crippen LogP) is 5.06. The fourth-order valence-electron chi connectivity index (χ4n) is 8.32. The van der Waals surface area contributed by atoms with E-state index in [4.69, 9.17) is 0 Å². The molecule has 0 spiro atoms. The first-order valence-corrected chi connectivity index (χ1v) is 13.1.